The SMILES string of the molecule is COc1ccccc1C1(P)C2(C)CC3(C)OC(C)(CC1(C)O3)O2. The highest BCUT2D eigenvalue weighted by Crippen LogP contribution is 2.70. The summed E-state index contributed by atoms with van der Waals surface area (Å²) in [6, 6.07) is 8.15. The molecule has 0 saturated carbocycles. The number of methoxy groups -OCH3 is 1. The van der Waals surface area contributed by atoms with Gasteiger partial charge in [-0.1, -0.05) is 18.2 Å². The van der Waals surface area contributed by atoms with Crippen molar-refractivity contribution in [3.05, 3.63) is 29.8 Å². The summed E-state index contributed by atoms with van der Waals surface area (Å²) in [5, 5.41) is -0.421. The molecule has 4 saturated heterocycles. The van der Waals surface area contributed by atoms with E-state index in [1.807, 2.05) is 32.0 Å². The van der Waals surface area contributed by atoms with Gasteiger partial charge in [0.1, 0.15) is 5.75 Å². The van der Waals surface area contributed by atoms with Crippen LogP contribution in [0.4, 0.5) is 0 Å². The van der Waals surface area contributed by atoms with Gasteiger partial charge in [-0.2, -0.15) is 0 Å². The summed E-state index contributed by atoms with van der Waals surface area (Å²) < 4.78 is 24.8. The van der Waals surface area contributed by atoms with Gasteiger partial charge in [0.25, 0.3) is 0 Å². The predicted molar refractivity (Wildman–Crippen MR) is 90.5 cm³/mol. The molecule has 4 aliphatic rings. The normalized spacial score (nSPS) is 51.0. The topological polar surface area (TPSA) is 36.9 Å². The molecule has 4 fully saturated rings. The van der Waals surface area contributed by atoms with Crippen molar-refractivity contribution in [1.29, 1.82) is 0 Å². The van der Waals surface area contributed by atoms with Gasteiger partial charge in [-0.25, -0.2) is 0 Å². The Balaban J connectivity index is 1.96. The van der Waals surface area contributed by atoms with Crippen LogP contribution in [-0.4, -0.2) is 29.9 Å². The highest BCUT2D eigenvalue weighted by molar-refractivity contribution is 7.19. The molecule has 5 unspecified atom stereocenters. The molecule has 1 aromatic rings. The average Bonchev–Trinajstić information content (AvgIpc) is 2.40. The Morgan fingerprint density at radius 2 is 1.43 bits per heavy atom. The van der Waals surface area contributed by atoms with E-state index in [0.717, 1.165) is 11.3 Å². The van der Waals surface area contributed by atoms with Gasteiger partial charge < -0.3 is 18.9 Å². The summed E-state index contributed by atoms with van der Waals surface area (Å²) in [6.07, 6.45) is 1.35. The molecular weight excluding hydrogens is 311 g/mol. The van der Waals surface area contributed by atoms with Crippen LogP contribution >= 0.6 is 9.24 Å². The molecule has 4 bridgehead atoms. The Labute approximate surface area is 140 Å². The number of rotatable bonds is 2. The third-order valence-electron chi connectivity index (χ3n) is 5.83. The largest absolute Gasteiger partial charge is 0.496 e. The maximum absolute atomic E-state index is 6.52. The maximum atomic E-state index is 6.52. The van der Waals surface area contributed by atoms with Crippen LogP contribution in [-0.2, 0) is 19.4 Å². The first kappa shape index (κ1) is 15.8. The van der Waals surface area contributed by atoms with Crippen molar-refractivity contribution in [3.8, 4) is 5.75 Å². The van der Waals surface area contributed by atoms with Gasteiger partial charge >= 0.3 is 0 Å². The second-order valence-electron chi connectivity index (χ2n) is 7.90. The van der Waals surface area contributed by atoms with Gasteiger partial charge in [-0.3, -0.25) is 0 Å². The average molecular weight is 336 g/mol. The number of hydrogen-bond acceptors (Lipinski definition) is 4. The van der Waals surface area contributed by atoms with Crippen molar-refractivity contribution in [2.24, 2.45) is 0 Å². The fourth-order valence-corrected chi connectivity index (χ4v) is 5.99. The van der Waals surface area contributed by atoms with Gasteiger partial charge in [0.2, 0.25) is 0 Å². The van der Waals surface area contributed by atoms with Crippen molar-refractivity contribution in [2.45, 2.75) is 68.5 Å². The Kier molecular flexibility index (Phi) is 2.95. The Hall–Kier alpha value is -0.670. The molecule has 4 heterocycles. The van der Waals surface area contributed by atoms with Crippen LogP contribution in [0.3, 0.4) is 0 Å². The number of ether oxygens (including phenoxy) is 4. The molecule has 5 atom stereocenters. The van der Waals surface area contributed by atoms with Crippen LogP contribution in [0.15, 0.2) is 24.3 Å². The van der Waals surface area contributed by atoms with Gasteiger partial charge in [-0.05, 0) is 33.8 Å². The van der Waals surface area contributed by atoms with Gasteiger partial charge in [0, 0.05) is 18.4 Å². The van der Waals surface area contributed by atoms with Crippen molar-refractivity contribution in [3.63, 3.8) is 0 Å². The first-order chi connectivity index (χ1) is 10.6. The fraction of sp³-hybridized carbons (Fsp3) is 0.667. The lowest BCUT2D eigenvalue weighted by Gasteiger charge is -2.73. The lowest BCUT2D eigenvalue weighted by molar-refractivity contribution is -0.523. The standard InChI is InChI=1S/C18H25O4P/c1-14-10-16(3)21-15(2,11-17(4,20-14)22-16)18(14,23)12-8-6-7-9-13(12)19-5/h6-9H,10-11,23H2,1-5H3. The van der Waals surface area contributed by atoms with E-state index in [-0.39, 0.29) is 0 Å². The molecule has 1 aromatic carbocycles. The van der Waals surface area contributed by atoms with Crippen LogP contribution in [0.2, 0.25) is 0 Å². The molecular formula is C18H25O4P. The molecule has 0 spiro atoms. The number of para-hydroxylation sites is 1. The van der Waals surface area contributed by atoms with E-state index >= 15 is 0 Å². The minimum absolute atomic E-state index is 0.421. The lowest BCUT2D eigenvalue weighted by Crippen LogP contribution is -2.81. The second-order valence-corrected chi connectivity index (χ2v) is 8.76. The number of hydrogen-bond donors (Lipinski definition) is 0. The summed E-state index contributed by atoms with van der Waals surface area (Å²) in [5.74, 6) is -0.367. The van der Waals surface area contributed by atoms with Crippen LogP contribution in [0.1, 0.15) is 46.1 Å². The zero-order valence-electron chi connectivity index (χ0n) is 14.4. The van der Waals surface area contributed by atoms with E-state index < -0.39 is 27.9 Å². The first-order valence-electron chi connectivity index (χ1n) is 8.12. The van der Waals surface area contributed by atoms with Crippen molar-refractivity contribution < 1.29 is 18.9 Å². The minimum Gasteiger partial charge on any atom is -0.496 e. The molecule has 0 amide bonds. The summed E-state index contributed by atoms with van der Waals surface area (Å²) >= 11 is 0. The Morgan fingerprint density at radius 1 is 0.913 bits per heavy atom. The van der Waals surface area contributed by atoms with Crippen LogP contribution < -0.4 is 4.74 Å². The number of benzene rings is 1. The third-order valence-corrected chi connectivity index (χ3v) is 7.36. The van der Waals surface area contributed by atoms with E-state index in [1.165, 1.54) is 0 Å². The Bertz CT molecular complexity index is 629. The molecule has 0 radical (unpaired) electrons. The molecule has 4 aliphatic heterocycles. The summed E-state index contributed by atoms with van der Waals surface area (Å²) in [7, 11) is 4.76. The van der Waals surface area contributed by atoms with E-state index in [0.29, 0.717) is 12.8 Å². The van der Waals surface area contributed by atoms with Crippen molar-refractivity contribution in [1.82, 2.24) is 0 Å². The zero-order chi connectivity index (χ0) is 16.7. The molecule has 0 N–H and O–H groups in total. The van der Waals surface area contributed by atoms with E-state index in [2.05, 4.69) is 29.2 Å². The highest BCUT2D eigenvalue weighted by Gasteiger charge is 2.76. The smallest absolute Gasteiger partial charge is 0.172 e. The highest BCUT2D eigenvalue weighted by atomic mass is 31.0. The first-order valence-corrected chi connectivity index (χ1v) is 8.69. The van der Waals surface area contributed by atoms with E-state index in [1.54, 1.807) is 7.11 Å². The van der Waals surface area contributed by atoms with Crippen LogP contribution in [0.5, 0.6) is 5.75 Å². The quantitative estimate of drug-likeness (QED) is 0.774. The summed E-state index contributed by atoms with van der Waals surface area (Å²) in [6.45, 7) is 8.39. The fourth-order valence-electron chi connectivity index (χ4n) is 5.43. The van der Waals surface area contributed by atoms with E-state index in [9.17, 15) is 0 Å². The molecule has 5 rings (SSSR count). The summed E-state index contributed by atoms with van der Waals surface area (Å²) in [5.41, 5.74) is 0.238. The zero-order valence-corrected chi connectivity index (χ0v) is 15.6. The van der Waals surface area contributed by atoms with Crippen molar-refractivity contribution in [2.75, 3.05) is 7.11 Å². The van der Waals surface area contributed by atoms with Crippen LogP contribution in [0, 0.1) is 0 Å². The lowest BCUT2D eigenvalue weighted by atomic mass is 9.61. The maximum Gasteiger partial charge on any atom is 0.172 e. The monoisotopic (exact) mass is 336 g/mol. The summed E-state index contributed by atoms with van der Waals surface area (Å²) in [4.78, 5) is 0. The van der Waals surface area contributed by atoms with Gasteiger partial charge in [0.15, 0.2) is 11.6 Å². The van der Waals surface area contributed by atoms with Gasteiger partial charge in [-0.15, -0.1) is 9.24 Å². The van der Waals surface area contributed by atoms with Crippen LogP contribution in [0.25, 0.3) is 0 Å². The molecule has 0 aliphatic carbocycles. The minimum atomic E-state index is -0.614. The third kappa shape index (κ3) is 1.81. The molecule has 5 heteroatoms. The predicted octanol–water partition coefficient (Wildman–Crippen LogP) is 3.59. The van der Waals surface area contributed by atoms with E-state index in [4.69, 9.17) is 18.9 Å². The second kappa shape index (κ2) is 4.29. The van der Waals surface area contributed by atoms with Crippen molar-refractivity contribution >= 4 is 9.24 Å². The Morgan fingerprint density at radius 3 is 1.96 bits per heavy atom. The molecule has 4 nitrogen and oxygen atoms in total. The molecule has 0 aromatic heterocycles. The van der Waals surface area contributed by atoms with Gasteiger partial charge in [0.05, 0.1) is 23.5 Å². The molecule has 126 valence electrons. The molecule has 23 heavy (non-hydrogen) atoms.